The molecule has 0 saturated carbocycles. The summed E-state index contributed by atoms with van der Waals surface area (Å²) in [4.78, 5) is 0.801. The van der Waals surface area contributed by atoms with Crippen molar-refractivity contribution in [3.63, 3.8) is 0 Å². The first-order chi connectivity index (χ1) is 13.5. The van der Waals surface area contributed by atoms with Crippen LogP contribution in [-0.2, 0) is 16.2 Å². The van der Waals surface area contributed by atoms with Crippen molar-refractivity contribution in [2.75, 3.05) is 18.0 Å². The minimum Gasteiger partial charge on any atom is -0.388 e. The molecule has 29 heavy (non-hydrogen) atoms. The minimum absolute atomic E-state index is 0.0433. The van der Waals surface area contributed by atoms with Gasteiger partial charge in [0, 0.05) is 23.8 Å². The summed E-state index contributed by atoms with van der Waals surface area (Å²) in [5.74, 6) is -0.0433. The maximum atomic E-state index is 13.3. The van der Waals surface area contributed by atoms with E-state index < -0.39 is 32.8 Å². The summed E-state index contributed by atoms with van der Waals surface area (Å²) in [5.41, 5.74) is -0.269. The van der Waals surface area contributed by atoms with Crippen molar-refractivity contribution in [2.45, 2.75) is 30.0 Å². The lowest BCUT2D eigenvalue weighted by Gasteiger charge is -2.36. The van der Waals surface area contributed by atoms with E-state index in [1.807, 2.05) is 0 Å². The highest BCUT2D eigenvalue weighted by molar-refractivity contribution is 7.89. The van der Waals surface area contributed by atoms with Crippen LogP contribution in [0.25, 0.3) is 0 Å². The van der Waals surface area contributed by atoms with Crippen LogP contribution in [0.3, 0.4) is 0 Å². The predicted molar refractivity (Wildman–Crippen MR) is 104 cm³/mol. The smallest absolute Gasteiger partial charge is 0.388 e. The molecule has 0 radical (unpaired) electrons. The number of rotatable bonds is 4. The maximum Gasteiger partial charge on any atom is 0.417 e. The molecule has 0 amide bonds. The summed E-state index contributed by atoms with van der Waals surface area (Å²) in [6.07, 6.45) is -4.39. The van der Waals surface area contributed by atoms with Crippen molar-refractivity contribution in [3.8, 4) is 0 Å². The second kappa shape index (κ2) is 8.14. The molecule has 3 N–H and O–H groups in total. The van der Waals surface area contributed by atoms with Crippen molar-refractivity contribution >= 4 is 27.3 Å². The van der Waals surface area contributed by atoms with Gasteiger partial charge in [0.25, 0.3) is 0 Å². The standard InChI is InChI=1S/C19H20ClF3N2O3S/c20-14-3-1-12(2-4-14)18(26)13-7-9-25(10-8-13)15-5-6-17(29(24,27)28)16(11-15)19(21,22)23/h1-6,11,13,18,26H,7-10H2,(H2,24,27,28). The Bertz CT molecular complexity index is 973. The van der Waals surface area contributed by atoms with E-state index in [4.69, 9.17) is 16.7 Å². The number of nitrogens with zero attached hydrogens (tertiary/aromatic N) is 1. The zero-order valence-electron chi connectivity index (χ0n) is 15.2. The normalized spacial score (nSPS) is 17.4. The lowest BCUT2D eigenvalue weighted by Crippen LogP contribution is -2.36. The zero-order chi connectivity index (χ0) is 21.4. The fourth-order valence-corrected chi connectivity index (χ4v) is 4.45. The second-order valence-electron chi connectivity index (χ2n) is 7.04. The Morgan fingerprint density at radius 2 is 1.69 bits per heavy atom. The highest BCUT2D eigenvalue weighted by Gasteiger charge is 2.37. The Labute approximate surface area is 171 Å². The zero-order valence-corrected chi connectivity index (χ0v) is 16.8. The number of nitrogens with two attached hydrogens (primary N) is 1. The van der Waals surface area contributed by atoms with Crippen LogP contribution in [0.15, 0.2) is 47.4 Å². The third-order valence-electron chi connectivity index (χ3n) is 5.14. The molecule has 1 unspecified atom stereocenters. The SMILES string of the molecule is NS(=O)(=O)c1ccc(N2CCC(C(O)c3ccc(Cl)cc3)CC2)cc1C(F)(F)F. The summed E-state index contributed by atoms with van der Waals surface area (Å²) in [6.45, 7) is 0.864. The van der Waals surface area contributed by atoms with Crippen LogP contribution in [0, 0.1) is 5.92 Å². The van der Waals surface area contributed by atoms with Gasteiger partial charge < -0.3 is 10.0 Å². The Balaban J connectivity index is 1.76. The Morgan fingerprint density at radius 3 is 2.21 bits per heavy atom. The van der Waals surface area contributed by atoms with Gasteiger partial charge in [-0.15, -0.1) is 0 Å². The van der Waals surface area contributed by atoms with Crippen LogP contribution < -0.4 is 10.0 Å². The lowest BCUT2D eigenvalue weighted by atomic mass is 9.87. The quantitative estimate of drug-likeness (QED) is 0.741. The molecule has 0 spiro atoms. The molecule has 1 heterocycles. The topological polar surface area (TPSA) is 83.6 Å². The van der Waals surface area contributed by atoms with E-state index in [9.17, 15) is 26.7 Å². The first-order valence-electron chi connectivity index (χ1n) is 8.89. The molecule has 1 aliphatic rings. The molecule has 0 bridgehead atoms. The van der Waals surface area contributed by atoms with E-state index in [0.717, 1.165) is 17.7 Å². The van der Waals surface area contributed by atoms with E-state index in [-0.39, 0.29) is 11.6 Å². The fourth-order valence-electron chi connectivity index (χ4n) is 3.59. The summed E-state index contributed by atoms with van der Waals surface area (Å²) in [5, 5.41) is 16.1. The number of piperidine rings is 1. The number of primary sulfonamides is 1. The number of sulfonamides is 1. The molecular weight excluding hydrogens is 429 g/mol. The molecule has 10 heteroatoms. The number of alkyl halides is 3. The third kappa shape index (κ3) is 5.03. The second-order valence-corrected chi connectivity index (χ2v) is 9.01. The van der Waals surface area contributed by atoms with Gasteiger partial charge in [0.15, 0.2) is 0 Å². The van der Waals surface area contributed by atoms with Crippen LogP contribution in [0.5, 0.6) is 0 Å². The molecule has 2 aromatic carbocycles. The Hall–Kier alpha value is -1.81. The third-order valence-corrected chi connectivity index (χ3v) is 6.36. The molecule has 1 saturated heterocycles. The predicted octanol–water partition coefficient (Wildman–Crippen LogP) is 3.96. The molecule has 2 aromatic rings. The summed E-state index contributed by atoms with van der Waals surface area (Å²) in [6, 6.07) is 9.92. The number of hydrogen-bond donors (Lipinski definition) is 2. The summed E-state index contributed by atoms with van der Waals surface area (Å²) in [7, 11) is -4.50. The first-order valence-corrected chi connectivity index (χ1v) is 10.8. The Morgan fingerprint density at radius 1 is 1.10 bits per heavy atom. The van der Waals surface area contributed by atoms with Gasteiger partial charge >= 0.3 is 6.18 Å². The summed E-state index contributed by atoms with van der Waals surface area (Å²) >= 11 is 5.86. The van der Waals surface area contributed by atoms with Gasteiger partial charge in [0.05, 0.1) is 16.6 Å². The maximum absolute atomic E-state index is 13.3. The van der Waals surface area contributed by atoms with Crippen LogP contribution in [0.2, 0.25) is 5.02 Å². The van der Waals surface area contributed by atoms with Gasteiger partial charge in [0.1, 0.15) is 0 Å². The van der Waals surface area contributed by atoms with Crippen molar-refractivity contribution in [1.29, 1.82) is 0 Å². The molecule has 1 fully saturated rings. The van der Waals surface area contributed by atoms with Crippen molar-refractivity contribution in [3.05, 3.63) is 58.6 Å². The van der Waals surface area contributed by atoms with Gasteiger partial charge in [-0.05, 0) is 54.7 Å². The number of benzene rings is 2. The van der Waals surface area contributed by atoms with E-state index in [2.05, 4.69) is 0 Å². The lowest BCUT2D eigenvalue weighted by molar-refractivity contribution is -0.139. The highest BCUT2D eigenvalue weighted by Crippen LogP contribution is 2.38. The molecule has 3 rings (SSSR count). The van der Waals surface area contributed by atoms with Crippen LogP contribution in [0.4, 0.5) is 18.9 Å². The number of aliphatic hydroxyl groups excluding tert-OH is 1. The van der Waals surface area contributed by atoms with Crippen LogP contribution in [-0.4, -0.2) is 26.6 Å². The first kappa shape index (κ1) is 21.9. The van der Waals surface area contributed by atoms with Gasteiger partial charge in [-0.2, -0.15) is 13.2 Å². The monoisotopic (exact) mass is 448 g/mol. The van der Waals surface area contributed by atoms with Crippen molar-refractivity contribution < 1.29 is 26.7 Å². The van der Waals surface area contributed by atoms with E-state index in [1.54, 1.807) is 29.2 Å². The molecule has 0 aliphatic carbocycles. The summed E-state index contributed by atoms with van der Waals surface area (Å²) < 4.78 is 63.0. The van der Waals surface area contributed by atoms with Crippen LogP contribution >= 0.6 is 11.6 Å². The largest absolute Gasteiger partial charge is 0.417 e. The van der Waals surface area contributed by atoms with Crippen LogP contribution in [0.1, 0.15) is 30.1 Å². The highest BCUT2D eigenvalue weighted by atomic mass is 35.5. The van der Waals surface area contributed by atoms with Gasteiger partial charge in [-0.3, -0.25) is 0 Å². The molecule has 158 valence electrons. The van der Waals surface area contributed by atoms with Gasteiger partial charge in [-0.25, -0.2) is 13.6 Å². The molecule has 0 aromatic heterocycles. The molecule has 1 atom stereocenters. The molecule has 1 aliphatic heterocycles. The van der Waals surface area contributed by atoms with E-state index >= 15 is 0 Å². The van der Waals surface area contributed by atoms with E-state index in [0.29, 0.717) is 31.0 Å². The van der Waals surface area contributed by atoms with E-state index in [1.165, 1.54) is 6.07 Å². The number of halogens is 4. The number of hydrogen-bond acceptors (Lipinski definition) is 4. The number of anilines is 1. The Kier molecular flexibility index (Phi) is 6.14. The van der Waals surface area contributed by atoms with Gasteiger partial charge in [0.2, 0.25) is 10.0 Å². The average molecular weight is 449 g/mol. The van der Waals surface area contributed by atoms with Crippen molar-refractivity contribution in [1.82, 2.24) is 0 Å². The van der Waals surface area contributed by atoms with Crippen molar-refractivity contribution in [2.24, 2.45) is 11.1 Å². The molecule has 5 nitrogen and oxygen atoms in total. The minimum atomic E-state index is -4.85. The number of aliphatic hydroxyl groups is 1. The fraction of sp³-hybridized carbons (Fsp3) is 0.368. The average Bonchev–Trinajstić information content (AvgIpc) is 2.66. The van der Waals surface area contributed by atoms with Gasteiger partial charge in [-0.1, -0.05) is 23.7 Å². The molecular formula is C19H20ClF3N2O3S.